The first kappa shape index (κ1) is 45.8. The smallest absolute Gasteiger partial charge is 0.0734 e. The van der Waals surface area contributed by atoms with E-state index in [1.165, 1.54) is 0 Å². The van der Waals surface area contributed by atoms with E-state index in [4.69, 9.17) is 18.9 Å². The van der Waals surface area contributed by atoms with Crippen molar-refractivity contribution < 1.29 is 29.2 Å². The Kier molecular flexibility index (Phi) is 19.1. The Hall–Kier alpha value is -0.240. The number of hydrogen-bond acceptors (Lipinski definition) is 6. The molecule has 0 fully saturated rings. The summed E-state index contributed by atoms with van der Waals surface area (Å²) in [5.74, 6) is 1.96. The van der Waals surface area contributed by atoms with E-state index in [-0.39, 0.29) is 22.7 Å². The van der Waals surface area contributed by atoms with Gasteiger partial charge in [-0.3, -0.25) is 0 Å². The summed E-state index contributed by atoms with van der Waals surface area (Å²) in [7, 11) is 0. The van der Waals surface area contributed by atoms with Crippen molar-refractivity contribution in [2.24, 2.45) is 29.6 Å². The lowest BCUT2D eigenvalue weighted by atomic mass is 9.74. The van der Waals surface area contributed by atoms with Gasteiger partial charge in [0.05, 0.1) is 53.4 Å². The molecule has 46 heavy (non-hydrogen) atoms. The van der Waals surface area contributed by atoms with Crippen LogP contribution in [-0.4, -0.2) is 70.2 Å². The van der Waals surface area contributed by atoms with Crippen molar-refractivity contribution in [3.63, 3.8) is 0 Å². The van der Waals surface area contributed by atoms with E-state index in [0.717, 1.165) is 45.1 Å². The van der Waals surface area contributed by atoms with Gasteiger partial charge < -0.3 is 29.2 Å². The SMILES string of the molecule is CCC(C)(CC(CC(C)(C)OCC(C(C)C)C(C)(CC(C)(CC)OCCC(C)C)OCCC(C)(C)O)C(C)C)OCCC(C)(C)O. The summed E-state index contributed by atoms with van der Waals surface area (Å²) in [5, 5.41) is 20.7. The average molecular weight is 659 g/mol. The minimum atomic E-state index is -0.786. The quantitative estimate of drug-likeness (QED) is 0.0963. The highest BCUT2D eigenvalue weighted by Crippen LogP contribution is 2.41. The summed E-state index contributed by atoms with van der Waals surface area (Å²) in [6.07, 6.45) is 6.70. The lowest BCUT2D eigenvalue weighted by Crippen LogP contribution is -2.50. The fourth-order valence-electron chi connectivity index (χ4n) is 6.42. The molecular formula is C40H82O6. The van der Waals surface area contributed by atoms with E-state index in [1.54, 1.807) is 0 Å². The molecular weight excluding hydrogens is 576 g/mol. The average Bonchev–Trinajstić information content (AvgIpc) is 2.86. The van der Waals surface area contributed by atoms with Crippen molar-refractivity contribution in [2.75, 3.05) is 26.4 Å². The number of rotatable bonds is 26. The van der Waals surface area contributed by atoms with E-state index in [1.807, 2.05) is 27.7 Å². The van der Waals surface area contributed by atoms with E-state index in [9.17, 15) is 10.2 Å². The highest BCUT2D eigenvalue weighted by atomic mass is 16.5. The van der Waals surface area contributed by atoms with Crippen molar-refractivity contribution >= 4 is 0 Å². The summed E-state index contributed by atoms with van der Waals surface area (Å²) in [6, 6.07) is 0. The molecule has 6 nitrogen and oxygen atoms in total. The summed E-state index contributed by atoms with van der Waals surface area (Å²) in [6.45, 7) is 39.0. The molecule has 0 heterocycles. The van der Waals surface area contributed by atoms with Crippen molar-refractivity contribution in [3.8, 4) is 0 Å². The van der Waals surface area contributed by atoms with Gasteiger partial charge in [0, 0.05) is 18.9 Å². The van der Waals surface area contributed by atoms with Crippen LogP contribution in [0.1, 0.15) is 169 Å². The molecule has 5 atom stereocenters. The predicted molar refractivity (Wildman–Crippen MR) is 195 cm³/mol. The maximum Gasteiger partial charge on any atom is 0.0734 e. The molecule has 0 saturated carbocycles. The molecule has 0 amide bonds. The highest BCUT2D eigenvalue weighted by Gasteiger charge is 2.44. The maximum absolute atomic E-state index is 10.5. The molecule has 0 aliphatic carbocycles. The Morgan fingerprint density at radius 1 is 0.565 bits per heavy atom. The number of aliphatic hydroxyl groups is 2. The first-order valence-electron chi connectivity index (χ1n) is 18.7. The topological polar surface area (TPSA) is 77.4 Å². The third kappa shape index (κ3) is 19.1. The summed E-state index contributed by atoms with van der Waals surface area (Å²) >= 11 is 0. The third-order valence-electron chi connectivity index (χ3n) is 10.3. The van der Waals surface area contributed by atoms with Crippen LogP contribution < -0.4 is 0 Å². The van der Waals surface area contributed by atoms with Gasteiger partial charge >= 0.3 is 0 Å². The zero-order valence-corrected chi connectivity index (χ0v) is 33.9. The highest BCUT2D eigenvalue weighted by molar-refractivity contribution is 4.94. The zero-order chi connectivity index (χ0) is 36.2. The van der Waals surface area contributed by atoms with Crippen molar-refractivity contribution in [3.05, 3.63) is 0 Å². The molecule has 0 aromatic rings. The second kappa shape index (κ2) is 19.2. The van der Waals surface area contributed by atoms with Crippen LogP contribution in [-0.2, 0) is 18.9 Å². The van der Waals surface area contributed by atoms with Gasteiger partial charge in [0.1, 0.15) is 0 Å². The summed E-state index contributed by atoms with van der Waals surface area (Å²) < 4.78 is 26.8. The molecule has 278 valence electrons. The molecule has 0 radical (unpaired) electrons. The molecule has 0 spiro atoms. The van der Waals surface area contributed by atoms with Gasteiger partial charge in [0.2, 0.25) is 0 Å². The molecule has 6 heteroatoms. The number of hydrogen-bond donors (Lipinski definition) is 2. The van der Waals surface area contributed by atoms with Crippen LogP contribution in [0.5, 0.6) is 0 Å². The van der Waals surface area contributed by atoms with Gasteiger partial charge in [0.25, 0.3) is 0 Å². The predicted octanol–water partition coefficient (Wildman–Crippen LogP) is 10.0. The normalized spacial score (nSPS) is 18.9. The van der Waals surface area contributed by atoms with E-state index in [0.29, 0.717) is 56.3 Å². The Labute approximate surface area is 287 Å². The van der Waals surface area contributed by atoms with Gasteiger partial charge in [-0.1, -0.05) is 55.4 Å². The first-order valence-corrected chi connectivity index (χ1v) is 18.7. The number of ether oxygens (including phenoxy) is 4. The first-order chi connectivity index (χ1) is 20.7. The van der Waals surface area contributed by atoms with E-state index in [2.05, 4.69) is 90.0 Å². The Bertz CT molecular complexity index is 810. The standard InChI is InChI=1S/C40H82O6/c1-18-38(15,44-24-21-35(9,10)41)27-33(31(5)6)26-37(13,14)46-28-34(32(7)8)40(17,45-25-22-36(11,12)42)29-39(16,19-2)43-23-20-30(3)4/h30-34,41-42H,18-29H2,1-17H3. The molecule has 0 aromatic heterocycles. The molecule has 0 saturated heterocycles. The van der Waals surface area contributed by atoms with Crippen LogP contribution >= 0.6 is 0 Å². The monoisotopic (exact) mass is 659 g/mol. The maximum atomic E-state index is 10.5. The lowest BCUT2D eigenvalue weighted by molar-refractivity contribution is -0.176. The molecule has 5 unspecified atom stereocenters. The Morgan fingerprint density at radius 3 is 1.46 bits per heavy atom. The van der Waals surface area contributed by atoms with Gasteiger partial charge in [-0.15, -0.1) is 0 Å². The van der Waals surface area contributed by atoms with Crippen LogP contribution in [0, 0.1) is 29.6 Å². The van der Waals surface area contributed by atoms with Crippen LogP contribution in [0.25, 0.3) is 0 Å². The van der Waals surface area contributed by atoms with Gasteiger partial charge in [0.15, 0.2) is 0 Å². The molecule has 0 aromatic carbocycles. The second-order valence-electron chi connectivity index (χ2n) is 18.3. The van der Waals surface area contributed by atoms with Crippen LogP contribution in [0.4, 0.5) is 0 Å². The molecule has 0 rings (SSSR count). The van der Waals surface area contributed by atoms with Crippen LogP contribution in [0.2, 0.25) is 0 Å². The van der Waals surface area contributed by atoms with Crippen molar-refractivity contribution in [1.29, 1.82) is 0 Å². The Balaban J connectivity index is 6.02. The summed E-state index contributed by atoms with van der Waals surface area (Å²) in [4.78, 5) is 0. The van der Waals surface area contributed by atoms with Crippen LogP contribution in [0.15, 0.2) is 0 Å². The summed E-state index contributed by atoms with van der Waals surface area (Å²) in [5.41, 5.74) is -2.91. The van der Waals surface area contributed by atoms with Crippen molar-refractivity contribution in [1.82, 2.24) is 0 Å². The minimum Gasteiger partial charge on any atom is -0.390 e. The van der Waals surface area contributed by atoms with Gasteiger partial charge in [-0.25, -0.2) is 0 Å². The third-order valence-corrected chi connectivity index (χ3v) is 10.3. The van der Waals surface area contributed by atoms with E-state index < -0.39 is 16.8 Å². The molecule has 0 aliphatic rings. The molecule has 0 aliphatic heterocycles. The lowest BCUT2D eigenvalue weighted by Gasteiger charge is -2.46. The fourth-order valence-corrected chi connectivity index (χ4v) is 6.42. The van der Waals surface area contributed by atoms with Crippen LogP contribution in [0.3, 0.4) is 0 Å². The van der Waals surface area contributed by atoms with E-state index >= 15 is 0 Å². The Morgan fingerprint density at radius 2 is 1.04 bits per heavy atom. The molecule has 2 N–H and O–H groups in total. The van der Waals surface area contributed by atoms with Gasteiger partial charge in [-0.2, -0.15) is 0 Å². The minimum absolute atomic E-state index is 0.136. The van der Waals surface area contributed by atoms with Crippen molar-refractivity contribution in [2.45, 2.75) is 203 Å². The molecule has 0 bridgehead atoms. The zero-order valence-electron chi connectivity index (χ0n) is 33.9. The fraction of sp³-hybridized carbons (Fsp3) is 1.00. The second-order valence-corrected chi connectivity index (χ2v) is 18.3. The largest absolute Gasteiger partial charge is 0.390 e. The van der Waals surface area contributed by atoms with Gasteiger partial charge in [-0.05, 0) is 131 Å².